The number of nitrogens with one attached hydrogen (secondary N) is 1. The molecule has 1 aliphatic rings. The largest absolute Gasteiger partial charge is 0.471 e. The van der Waals surface area contributed by atoms with Crippen LogP contribution in [-0.2, 0) is 43.7 Å². The highest BCUT2D eigenvalue weighted by molar-refractivity contribution is 7.89. The molecule has 0 unspecified atom stereocenters. The number of nitriles is 1. The molecule has 1 heterocycles. The molecule has 1 amide bonds. The number of amides is 1. The van der Waals surface area contributed by atoms with Crippen molar-refractivity contribution in [3.05, 3.63) is 64.7 Å². The molecular formula is C23H22F3N3O5S. The van der Waals surface area contributed by atoms with Crippen molar-refractivity contribution in [2.24, 2.45) is 0 Å². The van der Waals surface area contributed by atoms with Crippen LogP contribution in [0.1, 0.15) is 29.2 Å². The van der Waals surface area contributed by atoms with Crippen molar-refractivity contribution < 1.29 is 35.9 Å². The van der Waals surface area contributed by atoms with Crippen LogP contribution in [0.25, 0.3) is 0 Å². The van der Waals surface area contributed by atoms with Crippen molar-refractivity contribution in [2.45, 2.75) is 43.4 Å². The topological polar surface area (TPSA) is 117 Å². The Labute approximate surface area is 200 Å². The molecule has 0 saturated heterocycles. The van der Waals surface area contributed by atoms with Gasteiger partial charge in [0.2, 0.25) is 10.0 Å². The highest BCUT2D eigenvalue weighted by atomic mass is 32.2. The van der Waals surface area contributed by atoms with Gasteiger partial charge >= 0.3 is 18.1 Å². The summed E-state index contributed by atoms with van der Waals surface area (Å²) in [5.74, 6) is -2.81. The smallest absolute Gasteiger partial charge is 0.465 e. The lowest BCUT2D eigenvalue weighted by Crippen LogP contribution is -2.44. The van der Waals surface area contributed by atoms with Crippen LogP contribution in [0.3, 0.4) is 0 Å². The second-order valence-corrected chi connectivity index (χ2v) is 9.56. The second-order valence-electron chi connectivity index (χ2n) is 7.85. The molecule has 1 aliphatic heterocycles. The summed E-state index contributed by atoms with van der Waals surface area (Å²) in [4.78, 5) is 24.5. The van der Waals surface area contributed by atoms with Crippen LogP contribution in [0.2, 0.25) is 0 Å². The summed E-state index contributed by atoms with van der Waals surface area (Å²) in [7, 11) is -4.30. The Morgan fingerprint density at radius 1 is 1.20 bits per heavy atom. The number of esters is 1. The molecule has 35 heavy (non-hydrogen) atoms. The number of hydrogen-bond acceptors (Lipinski definition) is 6. The van der Waals surface area contributed by atoms with E-state index in [1.165, 1.54) is 24.3 Å². The van der Waals surface area contributed by atoms with Crippen LogP contribution in [-0.4, -0.2) is 50.6 Å². The molecule has 186 valence electrons. The Hall–Kier alpha value is -3.43. The average molecular weight is 510 g/mol. The summed E-state index contributed by atoms with van der Waals surface area (Å²) in [6, 6.07) is 10.9. The van der Waals surface area contributed by atoms with Gasteiger partial charge in [-0.3, -0.25) is 9.59 Å². The summed E-state index contributed by atoms with van der Waals surface area (Å²) >= 11 is 0. The fraction of sp³-hybridized carbons (Fsp3) is 0.348. The van der Waals surface area contributed by atoms with E-state index in [9.17, 15) is 31.2 Å². The Morgan fingerprint density at radius 2 is 1.94 bits per heavy atom. The minimum absolute atomic E-state index is 0.0111. The van der Waals surface area contributed by atoms with Gasteiger partial charge < -0.3 is 9.64 Å². The van der Waals surface area contributed by atoms with E-state index in [1.54, 1.807) is 25.1 Å². The zero-order valence-corrected chi connectivity index (χ0v) is 19.4. The lowest BCUT2D eigenvalue weighted by molar-refractivity contribution is -0.186. The number of nitrogens with zero attached hydrogens (tertiary/aromatic N) is 2. The predicted molar refractivity (Wildman–Crippen MR) is 117 cm³/mol. The van der Waals surface area contributed by atoms with Gasteiger partial charge in [0, 0.05) is 13.1 Å². The third kappa shape index (κ3) is 6.37. The SMILES string of the molecule is CCOC(=O)[C@@H](Cc1cccc(C#N)c1)NS(=O)(=O)c1ccc2c(c1)CN(C(=O)C(F)(F)F)CC2. The van der Waals surface area contributed by atoms with Gasteiger partial charge in [-0.2, -0.15) is 23.2 Å². The van der Waals surface area contributed by atoms with E-state index in [1.807, 2.05) is 6.07 Å². The molecule has 8 nitrogen and oxygen atoms in total. The van der Waals surface area contributed by atoms with Gasteiger partial charge in [-0.05, 0) is 60.7 Å². The fourth-order valence-corrected chi connectivity index (χ4v) is 4.96. The summed E-state index contributed by atoms with van der Waals surface area (Å²) in [6.07, 6.45) is -4.98. The predicted octanol–water partition coefficient (Wildman–Crippen LogP) is 2.46. The first kappa shape index (κ1) is 26.2. The number of halogens is 3. The van der Waals surface area contributed by atoms with Crippen LogP contribution in [0.4, 0.5) is 13.2 Å². The number of carbonyl (C=O) groups excluding carboxylic acids is 2. The lowest BCUT2D eigenvalue weighted by atomic mass is 10.00. The van der Waals surface area contributed by atoms with E-state index in [0.717, 1.165) is 0 Å². The minimum atomic E-state index is -5.03. The van der Waals surface area contributed by atoms with Crippen molar-refractivity contribution in [3.63, 3.8) is 0 Å². The monoisotopic (exact) mass is 509 g/mol. The van der Waals surface area contributed by atoms with Crippen molar-refractivity contribution >= 4 is 21.9 Å². The van der Waals surface area contributed by atoms with E-state index < -0.39 is 34.1 Å². The van der Waals surface area contributed by atoms with E-state index >= 15 is 0 Å². The first-order valence-electron chi connectivity index (χ1n) is 10.6. The van der Waals surface area contributed by atoms with Gasteiger partial charge in [0.15, 0.2) is 0 Å². The fourth-order valence-electron chi connectivity index (χ4n) is 3.73. The summed E-state index contributed by atoms with van der Waals surface area (Å²) < 4.78 is 72.0. The standard InChI is InChI=1S/C23H22F3N3O5S/c1-2-34-21(30)20(11-15-4-3-5-16(10-15)13-27)28-35(32,33)19-7-6-17-8-9-29(14-18(17)12-19)22(31)23(24,25)26/h3-7,10,12,20,28H,2,8-9,11,14H2,1H3/t20-/m1/s1. The molecule has 1 N–H and O–H groups in total. The van der Waals surface area contributed by atoms with Gasteiger partial charge in [-0.25, -0.2) is 8.42 Å². The molecule has 0 radical (unpaired) electrons. The van der Waals surface area contributed by atoms with Gasteiger partial charge in [0.05, 0.1) is 23.1 Å². The second kappa shape index (κ2) is 10.5. The van der Waals surface area contributed by atoms with Gasteiger partial charge in [0.1, 0.15) is 6.04 Å². The number of sulfonamides is 1. The third-order valence-electron chi connectivity index (χ3n) is 5.39. The summed E-state index contributed by atoms with van der Waals surface area (Å²) in [5.41, 5.74) is 1.76. The number of hydrogen-bond donors (Lipinski definition) is 1. The van der Waals surface area contributed by atoms with Crippen LogP contribution in [0, 0.1) is 11.3 Å². The molecular weight excluding hydrogens is 487 g/mol. The van der Waals surface area contributed by atoms with Crippen LogP contribution < -0.4 is 4.72 Å². The number of carbonyl (C=O) groups is 2. The highest BCUT2D eigenvalue weighted by Gasteiger charge is 2.43. The van der Waals surface area contributed by atoms with Crippen LogP contribution >= 0.6 is 0 Å². The van der Waals surface area contributed by atoms with E-state index in [0.29, 0.717) is 21.6 Å². The first-order valence-corrected chi connectivity index (χ1v) is 12.1. The molecule has 1 atom stereocenters. The minimum Gasteiger partial charge on any atom is -0.465 e. The molecule has 0 aliphatic carbocycles. The van der Waals surface area contributed by atoms with Crippen molar-refractivity contribution in [3.8, 4) is 6.07 Å². The zero-order chi connectivity index (χ0) is 25.8. The van der Waals surface area contributed by atoms with Crippen molar-refractivity contribution in [1.29, 1.82) is 5.26 Å². The van der Waals surface area contributed by atoms with Crippen LogP contribution in [0.15, 0.2) is 47.4 Å². The third-order valence-corrected chi connectivity index (χ3v) is 6.86. The highest BCUT2D eigenvalue weighted by Crippen LogP contribution is 2.27. The Balaban J connectivity index is 1.86. The summed E-state index contributed by atoms with van der Waals surface area (Å²) in [5, 5.41) is 9.08. The average Bonchev–Trinajstić information content (AvgIpc) is 2.82. The Morgan fingerprint density at radius 3 is 2.60 bits per heavy atom. The molecule has 2 aromatic carbocycles. The molecule has 0 spiro atoms. The Bertz CT molecular complexity index is 1270. The maximum atomic E-state index is 13.1. The molecule has 0 aromatic heterocycles. The molecule has 0 saturated carbocycles. The first-order chi connectivity index (χ1) is 16.4. The maximum Gasteiger partial charge on any atom is 0.471 e. The van der Waals surface area contributed by atoms with E-state index in [2.05, 4.69) is 4.72 Å². The zero-order valence-electron chi connectivity index (χ0n) is 18.6. The van der Waals surface area contributed by atoms with Crippen LogP contribution in [0.5, 0.6) is 0 Å². The molecule has 0 fully saturated rings. The van der Waals surface area contributed by atoms with Crippen molar-refractivity contribution in [2.75, 3.05) is 13.2 Å². The van der Waals surface area contributed by atoms with Gasteiger partial charge in [-0.15, -0.1) is 0 Å². The number of rotatable bonds is 7. The number of fused-ring (bicyclic) bond motifs is 1. The molecule has 2 aromatic rings. The van der Waals surface area contributed by atoms with E-state index in [4.69, 9.17) is 10.00 Å². The molecule has 0 bridgehead atoms. The van der Waals surface area contributed by atoms with Gasteiger partial charge in [0.25, 0.3) is 0 Å². The molecule has 12 heteroatoms. The number of ether oxygens (including phenoxy) is 1. The number of alkyl halides is 3. The number of benzene rings is 2. The van der Waals surface area contributed by atoms with E-state index in [-0.39, 0.29) is 43.0 Å². The Kier molecular flexibility index (Phi) is 7.82. The quantitative estimate of drug-likeness (QED) is 0.574. The maximum absolute atomic E-state index is 13.1. The normalized spacial score (nSPS) is 14.5. The van der Waals surface area contributed by atoms with Crippen molar-refractivity contribution in [1.82, 2.24) is 9.62 Å². The lowest BCUT2D eigenvalue weighted by Gasteiger charge is -2.29. The summed E-state index contributed by atoms with van der Waals surface area (Å²) in [6.45, 7) is 1.05. The van der Waals surface area contributed by atoms with Gasteiger partial charge in [-0.1, -0.05) is 18.2 Å². The molecule has 3 rings (SSSR count).